The van der Waals surface area contributed by atoms with Crippen molar-refractivity contribution >= 4 is 34.4 Å². The summed E-state index contributed by atoms with van der Waals surface area (Å²) in [6, 6.07) is 15.7. The van der Waals surface area contributed by atoms with E-state index in [1.54, 1.807) is 21.7 Å². The fraction of sp³-hybridized carbons (Fsp3) is 0.464. The van der Waals surface area contributed by atoms with Gasteiger partial charge in [0.1, 0.15) is 23.8 Å². The highest BCUT2D eigenvalue weighted by Crippen LogP contribution is 2.63. The minimum Gasteiger partial charge on any atom is -0.396 e. The second-order valence-electron chi connectivity index (χ2n) is 10.8. The Labute approximate surface area is 225 Å². The molecule has 2 aromatic carbocycles. The van der Waals surface area contributed by atoms with E-state index < -0.39 is 29.1 Å². The van der Waals surface area contributed by atoms with Crippen LogP contribution in [0.4, 0.5) is 5.69 Å². The van der Waals surface area contributed by atoms with Gasteiger partial charge >= 0.3 is 0 Å². The average molecular weight is 533 g/mol. The molecule has 0 aliphatic carbocycles. The number of likely N-dealkylation sites (tertiary alicyclic amines) is 1. The van der Waals surface area contributed by atoms with E-state index in [4.69, 9.17) is 4.74 Å². The zero-order valence-corrected chi connectivity index (χ0v) is 21.7. The standard InChI is InChI=1S/C28H32N6O5/c1-27-13-14-28(39-27)22(21(27)24(36)30-18-9-3-2-4-10-18)26(38)33(15-7-8-16-35)23(28)25(37)29-17-34-20-12-6-5-11-19(20)31-32-34/h2-6,9-12,21-23,35H,7-8,13-17H2,1H3,(H,29,37)(H,30,36)/t21-,22-,23?,27+,28?/m0/s1. The molecule has 2 bridgehead atoms. The highest BCUT2D eigenvalue weighted by molar-refractivity contribution is 6.02. The third kappa shape index (κ3) is 4.07. The van der Waals surface area contributed by atoms with Crippen LogP contribution in [0.15, 0.2) is 54.6 Å². The first-order chi connectivity index (χ1) is 18.9. The number of aliphatic hydroxyl groups excluding tert-OH is 1. The van der Waals surface area contributed by atoms with E-state index in [0.717, 1.165) is 5.52 Å². The van der Waals surface area contributed by atoms with Gasteiger partial charge in [-0.15, -0.1) is 5.10 Å². The number of aromatic nitrogens is 3. The molecule has 0 saturated carbocycles. The number of hydrogen-bond acceptors (Lipinski definition) is 7. The van der Waals surface area contributed by atoms with Crippen molar-refractivity contribution in [3.05, 3.63) is 54.6 Å². The molecule has 1 spiro atoms. The van der Waals surface area contributed by atoms with Crippen LogP contribution in [0, 0.1) is 11.8 Å². The smallest absolute Gasteiger partial charge is 0.247 e. The number of unbranched alkanes of at least 4 members (excludes halogenated alkanes) is 1. The lowest BCUT2D eigenvalue weighted by Gasteiger charge is -2.33. The largest absolute Gasteiger partial charge is 0.396 e. The molecule has 204 valence electrons. The molecule has 3 amide bonds. The van der Waals surface area contributed by atoms with Gasteiger partial charge in [-0.2, -0.15) is 0 Å². The Kier molecular flexibility index (Phi) is 6.35. The van der Waals surface area contributed by atoms with Crippen molar-refractivity contribution in [2.75, 3.05) is 18.5 Å². The number of nitrogens with zero attached hydrogens (tertiary/aromatic N) is 4. The molecule has 3 aliphatic rings. The number of rotatable bonds is 9. The Hall–Kier alpha value is -3.83. The summed E-state index contributed by atoms with van der Waals surface area (Å²) in [4.78, 5) is 43.0. The Morgan fingerprint density at radius 1 is 1.08 bits per heavy atom. The Bertz CT molecular complexity index is 1410. The molecular formula is C28H32N6O5. The number of aliphatic hydroxyl groups is 1. The quantitative estimate of drug-likeness (QED) is 0.357. The number of carbonyl (C=O) groups is 3. The Morgan fingerprint density at radius 2 is 1.85 bits per heavy atom. The van der Waals surface area contributed by atoms with E-state index in [2.05, 4.69) is 20.9 Å². The van der Waals surface area contributed by atoms with Crippen LogP contribution < -0.4 is 10.6 Å². The van der Waals surface area contributed by atoms with Gasteiger partial charge in [0, 0.05) is 18.8 Å². The minimum atomic E-state index is -1.11. The number of nitrogens with one attached hydrogen (secondary N) is 2. The summed E-state index contributed by atoms with van der Waals surface area (Å²) in [6.07, 6.45) is 2.08. The lowest BCUT2D eigenvalue weighted by atomic mass is 9.66. The van der Waals surface area contributed by atoms with Crippen LogP contribution in [0.25, 0.3) is 11.0 Å². The average Bonchev–Trinajstić information content (AvgIpc) is 3.64. The van der Waals surface area contributed by atoms with Crippen molar-refractivity contribution in [1.29, 1.82) is 0 Å². The lowest BCUT2D eigenvalue weighted by Crippen LogP contribution is -2.55. The molecule has 1 aromatic heterocycles. The van der Waals surface area contributed by atoms with E-state index in [0.29, 0.717) is 36.9 Å². The maximum absolute atomic E-state index is 14.0. The molecule has 6 rings (SSSR count). The molecular weight excluding hydrogens is 500 g/mol. The molecule has 3 saturated heterocycles. The van der Waals surface area contributed by atoms with Crippen molar-refractivity contribution in [2.24, 2.45) is 11.8 Å². The summed E-state index contributed by atoms with van der Waals surface area (Å²) in [7, 11) is 0. The van der Waals surface area contributed by atoms with Gasteiger partial charge in [-0.1, -0.05) is 35.5 Å². The first-order valence-corrected chi connectivity index (χ1v) is 13.4. The second kappa shape index (κ2) is 9.73. The van der Waals surface area contributed by atoms with Gasteiger partial charge in [-0.05, 0) is 56.9 Å². The molecule has 5 atom stereocenters. The van der Waals surface area contributed by atoms with Gasteiger partial charge < -0.3 is 25.4 Å². The number of fused-ring (bicyclic) bond motifs is 2. The third-order valence-corrected chi connectivity index (χ3v) is 8.48. The van der Waals surface area contributed by atoms with E-state index in [1.165, 1.54) is 0 Å². The van der Waals surface area contributed by atoms with Gasteiger partial charge in [0.2, 0.25) is 17.7 Å². The molecule has 11 nitrogen and oxygen atoms in total. The van der Waals surface area contributed by atoms with Gasteiger partial charge in [0.15, 0.2) is 0 Å². The fourth-order valence-electron chi connectivity index (χ4n) is 6.79. The molecule has 39 heavy (non-hydrogen) atoms. The molecule has 2 unspecified atom stereocenters. The van der Waals surface area contributed by atoms with Crippen LogP contribution in [0.2, 0.25) is 0 Å². The topological polar surface area (TPSA) is 139 Å². The number of hydrogen-bond donors (Lipinski definition) is 3. The number of carbonyl (C=O) groups excluding carboxylic acids is 3. The summed E-state index contributed by atoms with van der Waals surface area (Å²) in [6.45, 7) is 2.22. The summed E-state index contributed by atoms with van der Waals surface area (Å²) in [5.41, 5.74) is 0.154. The second-order valence-corrected chi connectivity index (χ2v) is 10.8. The van der Waals surface area contributed by atoms with Crippen molar-refractivity contribution in [3.63, 3.8) is 0 Å². The van der Waals surface area contributed by atoms with Gasteiger partial charge in [0.05, 0.1) is 23.0 Å². The summed E-state index contributed by atoms with van der Waals surface area (Å²) in [5.74, 6) is -2.42. The van der Waals surface area contributed by atoms with Crippen LogP contribution in [0.1, 0.15) is 32.6 Å². The molecule has 3 N–H and O–H groups in total. The number of para-hydroxylation sites is 2. The van der Waals surface area contributed by atoms with Crippen LogP contribution in [-0.2, 0) is 25.8 Å². The molecule has 4 heterocycles. The van der Waals surface area contributed by atoms with Crippen LogP contribution in [0.3, 0.4) is 0 Å². The SMILES string of the molecule is C[C@]12CCC3(O1)C(C(=O)NCn1nnc4ccccc41)N(CCCCO)C(=O)[C@@H]3[C@H]2C(=O)Nc1ccccc1. The minimum absolute atomic E-state index is 0.0104. The molecule has 3 fully saturated rings. The highest BCUT2D eigenvalue weighted by Gasteiger charge is 2.77. The summed E-state index contributed by atoms with van der Waals surface area (Å²) in [5, 5.41) is 23.5. The predicted octanol–water partition coefficient (Wildman–Crippen LogP) is 1.68. The van der Waals surface area contributed by atoms with Crippen molar-refractivity contribution < 1.29 is 24.2 Å². The number of ether oxygens (including phenoxy) is 1. The number of amides is 3. The summed E-state index contributed by atoms with van der Waals surface area (Å²) >= 11 is 0. The zero-order chi connectivity index (χ0) is 27.2. The predicted molar refractivity (Wildman–Crippen MR) is 141 cm³/mol. The summed E-state index contributed by atoms with van der Waals surface area (Å²) < 4.78 is 8.22. The number of benzene rings is 2. The zero-order valence-electron chi connectivity index (χ0n) is 21.7. The third-order valence-electron chi connectivity index (χ3n) is 8.48. The van der Waals surface area contributed by atoms with Crippen LogP contribution in [-0.4, -0.2) is 73.1 Å². The fourth-order valence-corrected chi connectivity index (χ4v) is 6.79. The highest BCUT2D eigenvalue weighted by atomic mass is 16.5. The van der Waals surface area contributed by atoms with Crippen LogP contribution in [0.5, 0.6) is 0 Å². The van der Waals surface area contributed by atoms with E-state index in [-0.39, 0.29) is 37.5 Å². The number of anilines is 1. The van der Waals surface area contributed by atoms with E-state index in [9.17, 15) is 19.5 Å². The monoisotopic (exact) mass is 532 g/mol. The van der Waals surface area contributed by atoms with Crippen molar-refractivity contribution in [1.82, 2.24) is 25.2 Å². The first-order valence-electron chi connectivity index (χ1n) is 13.4. The van der Waals surface area contributed by atoms with Gasteiger partial charge in [-0.3, -0.25) is 14.4 Å². The Balaban J connectivity index is 1.29. The van der Waals surface area contributed by atoms with Crippen molar-refractivity contribution in [3.8, 4) is 0 Å². The maximum atomic E-state index is 14.0. The van der Waals surface area contributed by atoms with E-state index >= 15 is 0 Å². The normalized spacial score (nSPS) is 29.1. The molecule has 0 radical (unpaired) electrons. The molecule has 3 aliphatic heterocycles. The maximum Gasteiger partial charge on any atom is 0.247 e. The van der Waals surface area contributed by atoms with Crippen LogP contribution >= 0.6 is 0 Å². The van der Waals surface area contributed by atoms with Gasteiger partial charge in [0.25, 0.3) is 0 Å². The van der Waals surface area contributed by atoms with Crippen molar-refractivity contribution in [2.45, 2.75) is 56.5 Å². The molecule has 11 heteroatoms. The Morgan fingerprint density at radius 3 is 2.64 bits per heavy atom. The van der Waals surface area contributed by atoms with Gasteiger partial charge in [-0.25, -0.2) is 4.68 Å². The first kappa shape index (κ1) is 25.4. The van der Waals surface area contributed by atoms with E-state index in [1.807, 2.05) is 49.4 Å². The molecule has 3 aromatic rings. The lowest BCUT2D eigenvalue weighted by molar-refractivity contribution is -0.145.